The highest BCUT2D eigenvalue weighted by atomic mass is 32.1. The van der Waals surface area contributed by atoms with Crippen LogP contribution in [0, 0.1) is 0 Å². The molecule has 0 bridgehead atoms. The average molecular weight is 376 g/mol. The lowest BCUT2D eigenvalue weighted by atomic mass is 10.2. The van der Waals surface area contributed by atoms with Crippen molar-refractivity contribution in [2.45, 2.75) is 0 Å². The number of nitrogens with one attached hydrogen (secondary N) is 1. The third-order valence-corrected chi connectivity index (χ3v) is 5.27. The highest BCUT2D eigenvalue weighted by Crippen LogP contribution is 2.32. The van der Waals surface area contributed by atoms with Crippen molar-refractivity contribution in [3.05, 3.63) is 65.0 Å². The normalized spacial score (nSPS) is 10.9. The van der Waals surface area contributed by atoms with E-state index in [1.165, 1.54) is 5.56 Å². The van der Waals surface area contributed by atoms with Crippen LogP contribution in [0.25, 0.3) is 22.2 Å². The molecular weight excluding hydrogens is 356 g/mol. The van der Waals surface area contributed by atoms with E-state index in [0.717, 1.165) is 28.1 Å². The predicted octanol–water partition coefficient (Wildman–Crippen LogP) is 4.75. The van der Waals surface area contributed by atoms with Crippen LogP contribution in [-0.4, -0.2) is 34.5 Å². The SMILES string of the molecule is CN(C)C(=O)c1ccc(Nc2nccc3c2cc(-c2ccsc2)n3C)cc1. The predicted molar refractivity (Wildman–Crippen MR) is 112 cm³/mol. The van der Waals surface area contributed by atoms with Gasteiger partial charge in [-0.2, -0.15) is 11.3 Å². The standard InChI is InChI=1S/C21H20N4OS/c1-24(2)21(26)14-4-6-16(7-5-14)23-20-17-12-19(15-9-11-27-13-15)25(3)18(17)8-10-22-20/h4-13H,1-3H3,(H,22,23). The number of carbonyl (C=O) groups excluding carboxylic acids is 1. The monoisotopic (exact) mass is 376 g/mol. The number of anilines is 2. The van der Waals surface area contributed by atoms with Gasteiger partial charge in [0.15, 0.2) is 0 Å². The molecule has 5 nitrogen and oxygen atoms in total. The first kappa shape index (κ1) is 17.3. The van der Waals surface area contributed by atoms with Crippen LogP contribution in [0.5, 0.6) is 0 Å². The van der Waals surface area contributed by atoms with Gasteiger partial charge in [0.25, 0.3) is 5.91 Å². The Hall–Kier alpha value is -3.12. The number of nitrogens with zero attached hydrogens (tertiary/aromatic N) is 3. The Labute approximate surface area is 161 Å². The van der Waals surface area contributed by atoms with Crippen LogP contribution in [0.2, 0.25) is 0 Å². The summed E-state index contributed by atoms with van der Waals surface area (Å²) in [5.74, 6) is 0.793. The van der Waals surface area contributed by atoms with Crippen molar-refractivity contribution in [1.29, 1.82) is 0 Å². The Kier molecular flexibility index (Phi) is 4.41. The summed E-state index contributed by atoms with van der Waals surface area (Å²) in [5, 5.41) is 8.68. The number of hydrogen-bond acceptors (Lipinski definition) is 4. The molecule has 0 spiro atoms. The van der Waals surface area contributed by atoms with Gasteiger partial charge >= 0.3 is 0 Å². The van der Waals surface area contributed by atoms with Gasteiger partial charge < -0.3 is 14.8 Å². The largest absolute Gasteiger partial charge is 0.345 e. The maximum Gasteiger partial charge on any atom is 0.253 e. The van der Waals surface area contributed by atoms with Gasteiger partial charge in [0.1, 0.15) is 5.82 Å². The fourth-order valence-corrected chi connectivity index (χ4v) is 3.79. The van der Waals surface area contributed by atoms with Crippen LogP contribution >= 0.6 is 11.3 Å². The van der Waals surface area contributed by atoms with Gasteiger partial charge in [0, 0.05) is 60.6 Å². The summed E-state index contributed by atoms with van der Waals surface area (Å²) in [5.41, 5.74) is 5.04. The zero-order valence-corrected chi connectivity index (χ0v) is 16.2. The third-order valence-electron chi connectivity index (χ3n) is 4.59. The van der Waals surface area contributed by atoms with Crippen LogP contribution < -0.4 is 5.32 Å². The minimum Gasteiger partial charge on any atom is -0.345 e. The summed E-state index contributed by atoms with van der Waals surface area (Å²) >= 11 is 1.69. The number of benzene rings is 1. The summed E-state index contributed by atoms with van der Waals surface area (Å²) in [7, 11) is 5.57. The number of pyridine rings is 1. The van der Waals surface area contributed by atoms with Gasteiger partial charge in [-0.15, -0.1) is 0 Å². The summed E-state index contributed by atoms with van der Waals surface area (Å²) < 4.78 is 2.18. The molecule has 0 aliphatic rings. The van der Waals surface area contributed by atoms with E-state index in [9.17, 15) is 4.79 Å². The number of aryl methyl sites for hydroxylation is 1. The maximum atomic E-state index is 12.0. The fraction of sp³-hybridized carbons (Fsp3) is 0.143. The van der Waals surface area contributed by atoms with Crippen LogP contribution in [0.3, 0.4) is 0 Å². The Morgan fingerprint density at radius 3 is 2.59 bits per heavy atom. The number of amides is 1. The topological polar surface area (TPSA) is 50.2 Å². The van der Waals surface area contributed by atoms with E-state index < -0.39 is 0 Å². The van der Waals surface area contributed by atoms with E-state index in [4.69, 9.17) is 0 Å². The third kappa shape index (κ3) is 3.19. The molecule has 0 atom stereocenters. The molecular formula is C21H20N4OS. The van der Waals surface area contributed by atoms with E-state index in [1.807, 2.05) is 36.5 Å². The number of carbonyl (C=O) groups is 1. The molecule has 3 heterocycles. The zero-order valence-electron chi connectivity index (χ0n) is 15.4. The second kappa shape index (κ2) is 6.89. The van der Waals surface area contributed by atoms with Crippen molar-refractivity contribution in [1.82, 2.24) is 14.5 Å². The summed E-state index contributed by atoms with van der Waals surface area (Å²) in [6.45, 7) is 0. The van der Waals surface area contributed by atoms with Gasteiger partial charge in [-0.1, -0.05) is 0 Å². The highest BCUT2D eigenvalue weighted by Gasteiger charge is 2.13. The lowest BCUT2D eigenvalue weighted by Crippen LogP contribution is -2.21. The number of thiophene rings is 1. The molecule has 0 radical (unpaired) electrons. The summed E-state index contributed by atoms with van der Waals surface area (Å²) in [6, 6.07) is 13.8. The van der Waals surface area contributed by atoms with Crippen molar-refractivity contribution < 1.29 is 4.79 Å². The second-order valence-electron chi connectivity index (χ2n) is 6.59. The minimum atomic E-state index is -0.00904. The van der Waals surface area contributed by atoms with Gasteiger partial charge in [0.2, 0.25) is 0 Å². The van der Waals surface area contributed by atoms with Gasteiger partial charge in [0.05, 0.1) is 5.52 Å². The second-order valence-corrected chi connectivity index (χ2v) is 7.37. The van der Waals surface area contributed by atoms with E-state index in [-0.39, 0.29) is 5.91 Å². The lowest BCUT2D eigenvalue weighted by Gasteiger charge is -2.11. The molecule has 0 aliphatic carbocycles. The molecule has 0 aliphatic heterocycles. The van der Waals surface area contributed by atoms with Crippen molar-refractivity contribution in [2.75, 3.05) is 19.4 Å². The lowest BCUT2D eigenvalue weighted by molar-refractivity contribution is 0.0827. The van der Waals surface area contributed by atoms with Crippen molar-refractivity contribution in [3.63, 3.8) is 0 Å². The molecule has 0 unspecified atom stereocenters. The van der Waals surface area contributed by atoms with Crippen LogP contribution in [0.1, 0.15) is 10.4 Å². The summed E-state index contributed by atoms with van der Waals surface area (Å²) in [4.78, 5) is 18.1. The highest BCUT2D eigenvalue weighted by molar-refractivity contribution is 7.08. The van der Waals surface area contributed by atoms with Crippen molar-refractivity contribution >= 4 is 39.7 Å². The first-order valence-electron chi connectivity index (χ1n) is 8.60. The first-order chi connectivity index (χ1) is 13.0. The van der Waals surface area contributed by atoms with Crippen molar-refractivity contribution in [2.24, 2.45) is 7.05 Å². The van der Waals surface area contributed by atoms with Gasteiger partial charge in [-0.3, -0.25) is 4.79 Å². The molecule has 27 heavy (non-hydrogen) atoms. The van der Waals surface area contributed by atoms with Gasteiger partial charge in [-0.05, 0) is 47.8 Å². The molecule has 1 amide bonds. The number of aromatic nitrogens is 2. The Morgan fingerprint density at radius 1 is 1.15 bits per heavy atom. The molecule has 3 aromatic heterocycles. The fourth-order valence-electron chi connectivity index (χ4n) is 3.14. The van der Waals surface area contributed by atoms with E-state index in [0.29, 0.717) is 5.56 Å². The Balaban J connectivity index is 1.68. The number of rotatable bonds is 4. The minimum absolute atomic E-state index is 0.00904. The molecule has 1 N–H and O–H groups in total. The molecule has 136 valence electrons. The van der Waals surface area contributed by atoms with Crippen LogP contribution in [0.4, 0.5) is 11.5 Å². The van der Waals surface area contributed by atoms with Crippen LogP contribution in [-0.2, 0) is 7.05 Å². The van der Waals surface area contributed by atoms with Crippen LogP contribution in [0.15, 0.2) is 59.4 Å². The number of hydrogen-bond donors (Lipinski definition) is 1. The molecule has 6 heteroatoms. The Morgan fingerprint density at radius 2 is 1.93 bits per heavy atom. The molecule has 4 aromatic rings. The van der Waals surface area contributed by atoms with E-state index in [1.54, 1.807) is 30.3 Å². The van der Waals surface area contributed by atoms with E-state index >= 15 is 0 Å². The quantitative estimate of drug-likeness (QED) is 0.559. The van der Waals surface area contributed by atoms with E-state index in [2.05, 4.69) is 44.8 Å². The van der Waals surface area contributed by atoms with Crippen molar-refractivity contribution in [3.8, 4) is 11.3 Å². The van der Waals surface area contributed by atoms with Gasteiger partial charge in [-0.25, -0.2) is 4.98 Å². The number of fused-ring (bicyclic) bond motifs is 1. The smallest absolute Gasteiger partial charge is 0.253 e. The molecule has 4 rings (SSSR count). The maximum absolute atomic E-state index is 12.0. The molecule has 0 fully saturated rings. The first-order valence-corrected chi connectivity index (χ1v) is 9.54. The molecule has 0 saturated carbocycles. The summed E-state index contributed by atoms with van der Waals surface area (Å²) in [6.07, 6.45) is 1.81. The molecule has 1 aromatic carbocycles. The zero-order chi connectivity index (χ0) is 19.0. The Bertz CT molecular complexity index is 1100. The molecule has 0 saturated heterocycles. The average Bonchev–Trinajstić information content (AvgIpc) is 3.31.